The number of rotatable bonds is 6. The van der Waals surface area contributed by atoms with Gasteiger partial charge < -0.3 is 23.4 Å². The van der Waals surface area contributed by atoms with Gasteiger partial charge in [0, 0.05) is 32.9 Å². The molecule has 0 radical (unpaired) electrons. The lowest BCUT2D eigenvalue weighted by atomic mass is 9.94. The highest BCUT2D eigenvalue weighted by Crippen LogP contribution is 2.47. The number of hydrogen-bond donors (Lipinski definition) is 0. The zero-order valence-corrected chi connectivity index (χ0v) is 23.4. The van der Waals surface area contributed by atoms with E-state index >= 15 is 0 Å². The molecule has 2 heterocycles. The van der Waals surface area contributed by atoms with E-state index < -0.39 is 29.4 Å². The molecule has 208 valence electrons. The summed E-state index contributed by atoms with van der Waals surface area (Å²) in [6, 6.07) is 6.17. The standard InChI is InChI=1S/C31H30O9/c1-15(2)8-10-21-24(37-18(6)33)14-26-28(30(21)38-19(7)34)29(35)27-25(12-16(3)4)39-23-13-20(36-17(5)32)9-11-22(23)31(27)40-26/h8-15,25H,1-7H3. The predicted molar refractivity (Wildman–Crippen MR) is 149 cm³/mol. The maximum absolute atomic E-state index is 14.3. The minimum absolute atomic E-state index is 0.00370. The van der Waals surface area contributed by atoms with Gasteiger partial charge in [-0.2, -0.15) is 0 Å². The van der Waals surface area contributed by atoms with Crippen molar-refractivity contribution in [2.75, 3.05) is 0 Å². The minimum atomic E-state index is -0.853. The van der Waals surface area contributed by atoms with Crippen LogP contribution < -0.4 is 24.4 Å². The first-order chi connectivity index (χ1) is 18.8. The molecule has 0 fully saturated rings. The van der Waals surface area contributed by atoms with Gasteiger partial charge in [-0.15, -0.1) is 0 Å². The summed E-state index contributed by atoms with van der Waals surface area (Å²) in [5, 5.41) is 0.00370. The molecule has 2 aromatic carbocycles. The van der Waals surface area contributed by atoms with Gasteiger partial charge in [-0.05, 0) is 38.0 Å². The van der Waals surface area contributed by atoms with Crippen molar-refractivity contribution >= 4 is 35.0 Å². The van der Waals surface area contributed by atoms with E-state index in [9.17, 15) is 19.2 Å². The number of benzene rings is 2. The summed E-state index contributed by atoms with van der Waals surface area (Å²) in [6.07, 6.45) is 4.39. The van der Waals surface area contributed by atoms with Crippen LogP contribution in [0.5, 0.6) is 23.0 Å². The first-order valence-electron chi connectivity index (χ1n) is 12.7. The van der Waals surface area contributed by atoms with Crippen LogP contribution >= 0.6 is 0 Å². The van der Waals surface area contributed by atoms with Crippen molar-refractivity contribution in [1.29, 1.82) is 0 Å². The van der Waals surface area contributed by atoms with Crippen molar-refractivity contribution in [2.45, 2.75) is 54.6 Å². The van der Waals surface area contributed by atoms with Gasteiger partial charge in [-0.3, -0.25) is 19.2 Å². The van der Waals surface area contributed by atoms with Gasteiger partial charge >= 0.3 is 17.9 Å². The van der Waals surface area contributed by atoms with Gasteiger partial charge in [0.15, 0.2) is 5.75 Å². The zero-order chi connectivity index (χ0) is 29.3. The second-order valence-electron chi connectivity index (χ2n) is 9.99. The van der Waals surface area contributed by atoms with Crippen molar-refractivity contribution in [2.24, 2.45) is 5.92 Å². The Morgan fingerprint density at radius 2 is 1.60 bits per heavy atom. The van der Waals surface area contributed by atoms with Gasteiger partial charge in [-0.1, -0.05) is 31.6 Å². The fourth-order valence-corrected chi connectivity index (χ4v) is 4.35. The number of esters is 3. The Labute approximate surface area is 231 Å². The summed E-state index contributed by atoms with van der Waals surface area (Å²) < 4.78 is 28.8. The average molecular weight is 547 g/mol. The average Bonchev–Trinajstić information content (AvgIpc) is 2.81. The van der Waals surface area contributed by atoms with Crippen LogP contribution in [0.15, 0.2) is 51.2 Å². The Hall–Kier alpha value is -4.66. The van der Waals surface area contributed by atoms with Crippen molar-refractivity contribution < 1.29 is 37.7 Å². The molecule has 1 atom stereocenters. The van der Waals surface area contributed by atoms with Crippen LogP contribution in [0.25, 0.3) is 28.4 Å². The van der Waals surface area contributed by atoms with Crippen molar-refractivity contribution in [3.05, 3.63) is 63.3 Å². The minimum Gasteiger partial charge on any atom is -0.480 e. The summed E-state index contributed by atoms with van der Waals surface area (Å²) in [6.45, 7) is 11.4. The summed E-state index contributed by atoms with van der Waals surface area (Å²) in [5.41, 5.74) is 1.36. The van der Waals surface area contributed by atoms with E-state index in [2.05, 4.69) is 0 Å². The Bertz CT molecular complexity index is 1650. The monoisotopic (exact) mass is 546 g/mol. The van der Waals surface area contributed by atoms with Crippen LogP contribution in [-0.4, -0.2) is 17.9 Å². The lowest BCUT2D eigenvalue weighted by molar-refractivity contribution is -0.133. The summed E-state index contributed by atoms with van der Waals surface area (Å²) in [7, 11) is 0. The molecule has 3 aromatic rings. The second-order valence-corrected chi connectivity index (χ2v) is 9.99. The number of fused-ring (bicyclic) bond motifs is 4. The highest BCUT2D eigenvalue weighted by atomic mass is 16.5. The third-order valence-corrected chi connectivity index (χ3v) is 5.80. The van der Waals surface area contributed by atoms with Crippen LogP contribution in [0.3, 0.4) is 0 Å². The molecule has 0 spiro atoms. The molecule has 0 N–H and O–H groups in total. The quantitative estimate of drug-likeness (QED) is 0.199. The molecule has 1 aliphatic rings. The number of ether oxygens (including phenoxy) is 4. The molecule has 1 aromatic heterocycles. The molecule has 1 unspecified atom stereocenters. The molecular formula is C31H30O9. The Morgan fingerprint density at radius 3 is 2.20 bits per heavy atom. The van der Waals surface area contributed by atoms with Gasteiger partial charge in [0.25, 0.3) is 0 Å². The normalized spacial score (nSPS) is 13.8. The Morgan fingerprint density at radius 1 is 0.925 bits per heavy atom. The van der Waals surface area contributed by atoms with E-state index in [4.69, 9.17) is 23.4 Å². The number of hydrogen-bond acceptors (Lipinski definition) is 9. The highest BCUT2D eigenvalue weighted by molar-refractivity contribution is 5.95. The third kappa shape index (κ3) is 5.83. The van der Waals surface area contributed by atoms with E-state index in [1.165, 1.54) is 26.8 Å². The van der Waals surface area contributed by atoms with E-state index in [-0.39, 0.29) is 51.0 Å². The molecule has 40 heavy (non-hydrogen) atoms. The van der Waals surface area contributed by atoms with Crippen molar-refractivity contribution in [1.82, 2.24) is 0 Å². The Balaban J connectivity index is 2.13. The molecule has 9 nitrogen and oxygen atoms in total. The molecule has 0 saturated carbocycles. The van der Waals surface area contributed by atoms with Crippen LogP contribution in [-0.2, 0) is 14.4 Å². The number of carbonyl (C=O) groups excluding carboxylic acids is 3. The van der Waals surface area contributed by atoms with Crippen LogP contribution in [0.1, 0.15) is 65.7 Å². The molecular weight excluding hydrogens is 516 g/mol. The van der Waals surface area contributed by atoms with E-state index in [1.54, 1.807) is 30.4 Å². The summed E-state index contributed by atoms with van der Waals surface area (Å²) in [4.78, 5) is 49.9. The van der Waals surface area contributed by atoms with Gasteiger partial charge in [0.1, 0.15) is 40.1 Å². The first kappa shape index (κ1) is 28.4. The predicted octanol–water partition coefficient (Wildman–Crippen LogP) is 6.30. The smallest absolute Gasteiger partial charge is 0.308 e. The topological polar surface area (TPSA) is 118 Å². The second kappa shape index (κ2) is 11.2. The molecule has 1 aliphatic heterocycles. The lowest BCUT2D eigenvalue weighted by Crippen LogP contribution is -2.23. The van der Waals surface area contributed by atoms with Gasteiger partial charge in [0.2, 0.25) is 5.43 Å². The summed E-state index contributed by atoms with van der Waals surface area (Å²) >= 11 is 0. The summed E-state index contributed by atoms with van der Waals surface area (Å²) in [5.74, 6) is -0.841. The molecule has 0 aliphatic carbocycles. The number of allylic oxidation sites excluding steroid dienone is 2. The van der Waals surface area contributed by atoms with Crippen molar-refractivity contribution in [3.63, 3.8) is 0 Å². The number of carbonyl (C=O) groups is 3. The fourth-order valence-electron chi connectivity index (χ4n) is 4.35. The zero-order valence-electron chi connectivity index (χ0n) is 23.4. The SMILES string of the molecule is CC(=O)Oc1ccc2c(c1)OC(C=C(C)C)c1c-2oc2cc(OC(C)=O)c(C=CC(C)C)c(OC(C)=O)c2c1=O. The lowest BCUT2D eigenvalue weighted by Gasteiger charge is -2.27. The molecule has 9 heteroatoms. The van der Waals surface area contributed by atoms with Gasteiger partial charge in [-0.25, -0.2) is 0 Å². The van der Waals surface area contributed by atoms with Crippen molar-refractivity contribution in [3.8, 4) is 34.3 Å². The first-order valence-corrected chi connectivity index (χ1v) is 12.7. The fraction of sp³-hybridized carbons (Fsp3) is 0.290. The maximum atomic E-state index is 14.3. The molecule has 0 saturated heterocycles. The van der Waals surface area contributed by atoms with E-state index in [0.717, 1.165) is 5.57 Å². The van der Waals surface area contributed by atoms with E-state index in [1.807, 2.05) is 33.8 Å². The molecule has 0 amide bonds. The Kier molecular flexibility index (Phi) is 7.95. The third-order valence-electron chi connectivity index (χ3n) is 5.80. The van der Waals surface area contributed by atoms with Crippen LogP contribution in [0, 0.1) is 5.92 Å². The maximum Gasteiger partial charge on any atom is 0.308 e. The largest absolute Gasteiger partial charge is 0.480 e. The molecule has 0 bridgehead atoms. The van der Waals surface area contributed by atoms with E-state index in [0.29, 0.717) is 11.3 Å². The van der Waals surface area contributed by atoms with Crippen LogP contribution in [0.2, 0.25) is 0 Å². The van der Waals surface area contributed by atoms with Crippen LogP contribution in [0.4, 0.5) is 0 Å². The van der Waals surface area contributed by atoms with Gasteiger partial charge in [0.05, 0.1) is 16.7 Å². The molecule has 4 rings (SSSR count). The highest BCUT2D eigenvalue weighted by Gasteiger charge is 2.33.